The van der Waals surface area contributed by atoms with Gasteiger partial charge in [-0.3, -0.25) is 0 Å². The Morgan fingerprint density at radius 3 is 2.69 bits per heavy atom. The summed E-state index contributed by atoms with van der Waals surface area (Å²) in [7, 11) is 1.68. The maximum atomic E-state index is 5.47. The topological polar surface area (TPSA) is 71.5 Å². The van der Waals surface area contributed by atoms with E-state index in [4.69, 9.17) is 9.47 Å². The Bertz CT molecular complexity index is 944. The van der Waals surface area contributed by atoms with Crippen LogP contribution in [-0.4, -0.2) is 43.4 Å². The van der Waals surface area contributed by atoms with Crippen molar-refractivity contribution in [3.05, 3.63) is 66.4 Å². The first-order valence-electron chi connectivity index (χ1n) is 9.71. The molecule has 1 aromatic heterocycles. The Morgan fingerprint density at radius 2 is 1.83 bits per heavy atom. The highest BCUT2D eigenvalue weighted by atomic mass is 16.5. The molecule has 0 atom stereocenters. The van der Waals surface area contributed by atoms with Crippen LogP contribution in [-0.2, 0) is 11.3 Å². The number of morpholine rings is 1. The molecule has 0 saturated carbocycles. The van der Waals surface area contributed by atoms with Crippen molar-refractivity contribution in [1.29, 1.82) is 0 Å². The van der Waals surface area contributed by atoms with Crippen molar-refractivity contribution in [1.82, 2.24) is 9.97 Å². The van der Waals surface area contributed by atoms with Crippen LogP contribution in [0.2, 0.25) is 0 Å². The summed E-state index contributed by atoms with van der Waals surface area (Å²) in [5.74, 6) is 2.15. The highest BCUT2D eigenvalue weighted by Crippen LogP contribution is 2.28. The third kappa shape index (κ3) is 4.75. The van der Waals surface area contributed by atoms with Crippen molar-refractivity contribution in [2.24, 2.45) is 0 Å². The fraction of sp³-hybridized carbons (Fsp3) is 0.273. The second-order valence-electron chi connectivity index (χ2n) is 6.67. The van der Waals surface area contributed by atoms with Gasteiger partial charge in [-0.2, -0.15) is 4.98 Å². The maximum absolute atomic E-state index is 5.47. The molecular weight excluding hydrogens is 366 g/mol. The van der Waals surface area contributed by atoms with Crippen LogP contribution in [0.25, 0.3) is 0 Å². The molecule has 1 aliphatic rings. The lowest BCUT2D eigenvalue weighted by atomic mass is 10.2. The summed E-state index contributed by atoms with van der Waals surface area (Å²) in [6, 6.07) is 18.0. The third-order valence-electron chi connectivity index (χ3n) is 4.81. The zero-order valence-corrected chi connectivity index (χ0v) is 16.5. The van der Waals surface area contributed by atoms with E-state index in [-0.39, 0.29) is 0 Å². The van der Waals surface area contributed by atoms with Gasteiger partial charge in [-0.15, -0.1) is 0 Å². The van der Waals surface area contributed by atoms with Crippen molar-refractivity contribution in [2.75, 3.05) is 48.9 Å². The SMILES string of the molecule is COc1ccccc1CNc1ccnc(Nc2ccccc2N2CCOCC2)n1. The summed E-state index contributed by atoms with van der Waals surface area (Å²) in [4.78, 5) is 11.3. The van der Waals surface area contributed by atoms with E-state index in [2.05, 4.69) is 31.6 Å². The molecule has 1 saturated heterocycles. The smallest absolute Gasteiger partial charge is 0.229 e. The quantitative estimate of drug-likeness (QED) is 0.637. The molecule has 0 bridgehead atoms. The van der Waals surface area contributed by atoms with E-state index in [9.17, 15) is 0 Å². The first-order chi connectivity index (χ1) is 14.3. The number of ether oxygens (including phenoxy) is 2. The molecule has 1 fully saturated rings. The van der Waals surface area contributed by atoms with Crippen LogP contribution in [0.4, 0.5) is 23.1 Å². The molecule has 0 aliphatic carbocycles. The van der Waals surface area contributed by atoms with Gasteiger partial charge in [-0.05, 0) is 24.3 Å². The Hall–Kier alpha value is -3.32. The average Bonchev–Trinajstić information content (AvgIpc) is 2.79. The minimum atomic E-state index is 0.552. The normalized spacial score (nSPS) is 13.8. The molecule has 0 spiro atoms. The minimum absolute atomic E-state index is 0.552. The zero-order valence-electron chi connectivity index (χ0n) is 16.5. The third-order valence-corrected chi connectivity index (χ3v) is 4.81. The number of hydrogen-bond donors (Lipinski definition) is 2. The molecule has 3 aromatic rings. The van der Waals surface area contributed by atoms with Crippen LogP contribution in [0.3, 0.4) is 0 Å². The molecule has 150 valence electrons. The van der Waals surface area contributed by atoms with Crippen LogP contribution in [0.5, 0.6) is 5.75 Å². The van der Waals surface area contributed by atoms with E-state index in [1.807, 2.05) is 48.5 Å². The number of nitrogens with zero attached hydrogens (tertiary/aromatic N) is 3. The van der Waals surface area contributed by atoms with E-state index in [1.54, 1.807) is 13.3 Å². The number of methoxy groups -OCH3 is 1. The summed E-state index contributed by atoms with van der Waals surface area (Å²) in [5, 5.41) is 6.70. The Kier molecular flexibility index (Phi) is 6.07. The molecule has 2 aromatic carbocycles. The minimum Gasteiger partial charge on any atom is -0.496 e. The van der Waals surface area contributed by atoms with Crippen LogP contribution in [0.1, 0.15) is 5.56 Å². The molecule has 2 N–H and O–H groups in total. The summed E-state index contributed by atoms with van der Waals surface area (Å²) >= 11 is 0. The largest absolute Gasteiger partial charge is 0.496 e. The van der Waals surface area contributed by atoms with Gasteiger partial charge in [-0.25, -0.2) is 4.98 Å². The number of rotatable bonds is 7. The molecule has 2 heterocycles. The molecule has 4 rings (SSSR count). The van der Waals surface area contributed by atoms with Gasteiger partial charge < -0.3 is 25.0 Å². The molecule has 0 amide bonds. The van der Waals surface area contributed by atoms with E-state index in [0.717, 1.165) is 54.8 Å². The first-order valence-corrected chi connectivity index (χ1v) is 9.71. The van der Waals surface area contributed by atoms with Crippen LogP contribution < -0.4 is 20.3 Å². The average molecular weight is 391 g/mol. The van der Waals surface area contributed by atoms with Gasteiger partial charge >= 0.3 is 0 Å². The molecule has 7 nitrogen and oxygen atoms in total. The Morgan fingerprint density at radius 1 is 1.03 bits per heavy atom. The lowest BCUT2D eigenvalue weighted by Crippen LogP contribution is -2.36. The lowest BCUT2D eigenvalue weighted by Gasteiger charge is -2.30. The fourth-order valence-electron chi connectivity index (χ4n) is 3.33. The van der Waals surface area contributed by atoms with E-state index < -0.39 is 0 Å². The maximum Gasteiger partial charge on any atom is 0.229 e. The summed E-state index contributed by atoms with van der Waals surface area (Å²) < 4.78 is 10.9. The van der Waals surface area contributed by atoms with Gasteiger partial charge in [0.15, 0.2) is 0 Å². The second kappa shape index (κ2) is 9.25. The van der Waals surface area contributed by atoms with E-state index >= 15 is 0 Å². The zero-order chi connectivity index (χ0) is 19.9. The van der Waals surface area contributed by atoms with Crippen molar-refractivity contribution >= 4 is 23.1 Å². The molecular formula is C22H25N5O2. The van der Waals surface area contributed by atoms with Crippen molar-refractivity contribution in [3.63, 3.8) is 0 Å². The number of anilines is 4. The monoisotopic (exact) mass is 391 g/mol. The summed E-state index contributed by atoms with van der Waals surface area (Å²) in [6.45, 7) is 3.85. The number of para-hydroxylation sites is 3. The lowest BCUT2D eigenvalue weighted by molar-refractivity contribution is 0.123. The predicted molar refractivity (Wildman–Crippen MR) is 115 cm³/mol. The van der Waals surface area contributed by atoms with Crippen molar-refractivity contribution in [3.8, 4) is 5.75 Å². The Balaban J connectivity index is 1.47. The van der Waals surface area contributed by atoms with Gasteiger partial charge in [0.2, 0.25) is 5.95 Å². The number of hydrogen-bond acceptors (Lipinski definition) is 7. The standard InChI is InChI=1S/C22H25N5O2/c1-28-20-9-5-2-6-17(20)16-24-21-10-11-23-22(26-21)25-18-7-3-4-8-19(18)27-12-14-29-15-13-27/h2-11H,12-16H2,1H3,(H2,23,24,25,26). The molecule has 0 unspecified atom stereocenters. The molecule has 7 heteroatoms. The highest BCUT2D eigenvalue weighted by Gasteiger charge is 2.15. The van der Waals surface area contributed by atoms with E-state index in [1.165, 1.54) is 0 Å². The van der Waals surface area contributed by atoms with Crippen molar-refractivity contribution in [2.45, 2.75) is 6.54 Å². The molecule has 0 radical (unpaired) electrons. The van der Waals surface area contributed by atoms with Crippen molar-refractivity contribution < 1.29 is 9.47 Å². The number of benzene rings is 2. The van der Waals surface area contributed by atoms with Gasteiger partial charge in [0.25, 0.3) is 0 Å². The summed E-state index contributed by atoms with van der Waals surface area (Å²) in [6.07, 6.45) is 1.75. The van der Waals surface area contributed by atoms with Crippen LogP contribution in [0, 0.1) is 0 Å². The second-order valence-corrected chi connectivity index (χ2v) is 6.67. The van der Waals surface area contributed by atoms with Gasteiger partial charge in [0, 0.05) is 31.4 Å². The highest BCUT2D eigenvalue weighted by molar-refractivity contribution is 5.73. The number of nitrogens with one attached hydrogen (secondary N) is 2. The van der Waals surface area contributed by atoms with Gasteiger partial charge in [0.05, 0.1) is 31.7 Å². The predicted octanol–water partition coefficient (Wildman–Crippen LogP) is 3.68. The van der Waals surface area contributed by atoms with Gasteiger partial charge in [-0.1, -0.05) is 30.3 Å². The van der Waals surface area contributed by atoms with Crippen LogP contribution in [0.15, 0.2) is 60.8 Å². The van der Waals surface area contributed by atoms with E-state index in [0.29, 0.717) is 12.5 Å². The van der Waals surface area contributed by atoms with Crippen LogP contribution >= 0.6 is 0 Å². The first kappa shape index (κ1) is 19.0. The summed E-state index contributed by atoms with van der Waals surface area (Å²) in [5.41, 5.74) is 3.18. The molecule has 1 aliphatic heterocycles. The number of aromatic nitrogens is 2. The van der Waals surface area contributed by atoms with Gasteiger partial charge in [0.1, 0.15) is 11.6 Å². The Labute approximate surface area is 170 Å². The molecule has 29 heavy (non-hydrogen) atoms. The fourth-order valence-corrected chi connectivity index (χ4v) is 3.33.